The Morgan fingerprint density at radius 2 is 1.79 bits per heavy atom. The van der Waals surface area contributed by atoms with Crippen LogP contribution in [0.1, 0.15) is 31.0 Å². The van der Waals surface area contributed by atoms with Crippen LogP contribution in [0.2, 0.25) is 0 Å². The number of aryl methyl sites for hydroxylation is 1. The summed E-state index contributed by atoms with van der Waals surface area (Å²) in [5.74, 6) is -0.117. The van der Waals surface area contributed by atoms with E-state index in [9.17, 15) is 9.59 Å². The lowest BCUT2D eigenvalue weighted by Gasteiger charge is -2.26. The van der Waals surface area contributed by atoms with Crippen molar-refractivity contribution in [3.63, 3.8) is 0 Å². The van der Waals surface area contributed by atoms with E-state index in [1.54, 1.807) is 17.9 Å². The molecule has 0 aliphatic carbocycles. The quantitative estimate of drug-likeness (QED) is 0.702. The molecule has 4 rings (SSSR count). The summed E-state index contributed by atoms with van der Waals surface area (Å²) >= 11 is 0. The molecular weight excluding hydrogens is 350 g/mol. The van der Waals surface area contributed by atoms with Gasteiger partial charge in [0.1, 0.15) is 6.04 Å². The second-order valence-corrected chi connectivity index (χ2v) is 7.43. The Labute approximate surface area is 164 Å². The van der Waals surface area contributed by atoms with E-state index >= 15 is 0 Å². The molecule has 2 aromatic carbocycles. The van der Waals surface area contributed by atoms with E-state index in [0.29, 0.717) is 5.69 Å². The van der Waals surface area contributed by atoms with E-state index in [2.05, 4.69) is 5.10 Å². The maximum atomic E-state index is 13.3. The van der Waals surface area contributed by atoms with E-state index in [-0.39, 0.29) is 17.5 Å². The Morgan fingerprint density at radius 1 is 1.07 bits per heavy atom. The van der Waals surface area contributed by atoms with Crippen molar-refractivity contribution in [1.29, 1.82) is 0 Å². The van der Waals surface area contributed by atoms with Gasteiger partial charge in [0.05, 0.1) is 5.69 Å². The molecule has 28 heavy (non-hydrogen) atoms. The van der Waals surface area contributed by atoms with E-state index in [4.69, 9.17) is 0 Å². The minimum atomic E-state index is -0.688. The molecule has 1 aliphatic heterocycles. The third-order valence-electron chi connectivity index (χ3n) is 5.34. The van der Waals surface area contributed by atoms with Gasteiger partial charge in [-0.1, -0.05) is 48.0 Å². The molecule has 0 radical (unpaired) electrons. The Balaban J connectivity index is 1.69. The number of aromatic nitrogens is 2. The summed E-state index contributed by atoms with van der Waals surface area (Å²) in [6.45, 7) is 5.79. The average Bonchev–Trinajstić information content (AvgIpc) is 3.03. The lowest BCUT2D eigenvalue weighted by Crippen LogP contribution is -2.42. The summed E-state index contributed by atoms with van der Waals surface area (Å²) in [6.07, 6.45) is 0.820. The summed E-state index contributed by atoms with van der Waals surface area (Å²) in [6, 6.07) is 18.4. The van der Waals surface area contributed by atoms with Crippen LogP contribution in [0.3, 0.4) is 0 Å². The molecule has 0 spiro atoms. The van der Waals surface area contributed by atoms with Gasteiger partial charge in [-0.15, -0.1) is 0 Å². The average molecular weight is 373 g/mol. The molecule has 2 atom stereocenters. The molecule has 1 aliphatic rings. The molecule has 142 valence electrons. The first-order chi connectivity index (χ1) is 13.5. The number of carbonyl (C=O) groups excluding carboxylic acids is 1. The zero-order valence-corrected chi connectivity index (χ0v) is 16.3. The standard InChI is InChI=1S/C23H23N3O2/c1-15-8-10-18(11-9-15)20-12-13-22(27)26(24-20)17(3)23(28)25-16(2)14-19-6-4-5-7-21(19)25/h4-13,16-17H,14H2,1-3H3. The fourth-order valence-electron chi connectivity index (χ4n) is 3.79. The van der Waals surface area contributed by atoms with Gasteiger partial charge in [-0.25, -0.2) is 4.68 Å². The van der Waals surface area contributed by atoms with Crippen molar-refractivity contribution in [2.75, 3.05) is 4.90 Å². The molecule has 5 nitrogen and oxygen atoms in total. The van der Waals surface area contributed by atoms with Gasteiger partial charge in [-0.2, -0.15) is 5.10 Å². The van der Waals surface area contributed by atoms with Gasteiger partial charge in [-0.05, 0) is 44.9 Å². The summed E-state index contributed by atoms with van der Waals surface area (Å²) in [5, 5.41) is 4.50. The molecule has 1 aromatic heterocycles. The fourth-order valence-corrected chi connectivity index (χ4v) is 3.79. The van der Waals surface area contributed by atoms with Crippen LogP contribution in [-0.2, 0) is 11.2 Å². The van der Waals surface area contributed by atoms with Crippen LogP contribution in [0.4, 0.5) is 5.69 Å². The van der Waals surface area contributed by atoms with Crippen molar-refractivity contribution in [1.82, 2.24) is 9.78 Å². The maximum Gasteiger partial charge on any atom is 0.267 e. The number of fused-ring (bicyclic) bond motifs is 1. The summed E-state index contributed by atoms with van der Waals surface area (Å²) in [7, 11) is 0. The highest BCUT2D eigenvalue weighted by Crippen LogP contribution is 2.33. The maximum absolute atomic E-state index is 13.3. The number of rotatable bonds is 3. The Morgan fingerprint density at radius 3 is 2.54 bits per heavy atom. The van der Waals surface area contributed by atoms with E-state index < -0.39 is 6.04 Å². The highest BCUT2D eigenvalue weighted by Gasteiger charge is 2.34. The molecule has 3 aromatic rings. The molecule has 0 bridgehead atoms. The smallest absolute Gasteiger partial charge is 0.267 e. The van der Waals surface area contributed by atoms with E-state index in [0.717, 1.165) is 28.8 Å². The molecular formula is C23H23N3O2. The number of para-hydroxylation sites is 1. The number of carbonyl (C=O) groups is 1. The van der Waals surface area contributed by atoms with Gasteiger partial charge >= 0.3 is 0 Å². The first-order valence-corrected chi connectivity index (χ1v) is 9.53. The molecule has 1 amide bonds. The third kappa shape index (κ3) is 3.13. The monoisotopic (exact) mass is 373 g/mol. The zero-order chi connectivity index (χ0) is 19.8. The van der Waals surface area contributed by atoms with Crippen molar-refractivity contribution in [2.45, 2.75) is 39.3 Å². The first-order valence-electron chi connectivity index (χ1n) is 9.53. The number of anilines is 1. The van der Waals surface area contributed by atoms with Crippen molar-refractivity contribution in [2.24, 2.45) is 0 Å². The molecule has 2 unspecified atom stereocenters. The molecule has 2 heterocycles. The molecule has 5 heteroatoms. The van der Waals surface area contributed by atoms with Crippen LogP contribution < -0.4 is 10.5 Å². The van der Waals surface area contributed by atoms with Gasteiger partial charge in [0, 0.05) is 23.4 Å². The predicted octanol–water partition coefficient (Wildman–Crippen LogP) is 3.76. The molecule has 0 saturated heterocycles. The van der Waals surface area contributed by atoms with Crippen LogP contribution in [0.5, 0.6) is 0 Å². The van der Waals surface area contributed by atoms with Crippen molar-refractivity contribution < 1.29 is 4.79 Å². The summed E-state index contributed by atoms with van der Waals surface area (Å²) in [4.78, 5) is 27.6. The van der Waals surface area contributed by atoms with Crippen LogP contribution in [0.25, 0.3) is 11.3 Å². The highest BCUT2D eigenvalue weighted by atomic mass is 16.2. The number of hydrogen-bond donors (Lipinski definition) is 0. The Bertz CT molecular complexity index is 1090. The lowest BCUT2D eigenvalue weighted by atomic mass is 10.1. The number of nitrogens with zero attached hydrogens (tertiary/aromatic N) is 3. The van der Waals surface area contributed by atoms with Crippen molar-refractivity contribution in [3.05, 3.63) is 82.1 Å². The number of benzene rings is 2. The minimum Gasteiger partial charge on any atom is -0.307 e. The Hall–Kier alpha value is -3.21. The van der Waals surface area contributed by atoms with E-state index in [1.165, 1.54) is 10.7 Å². The van der Waals surface area contributed by atoms with Crippen LogP contribution in [-0.4, -0.2) is 21.7 Å². The number of amides is 1. The van der Waals surface area contributed by atoms with Crippen LogP contribution >= 0.6 is 0 Å². The number of hydrogen-bond acceptors (Lipinski definition) is 3. The Kier molecular flexibility index (Phi) is 4.59. The second-order valence-electron chi connectivity index (χ2n) is 7.43. The minimum absolute atomic E-state index is 0.0586. The summed E-state index contributed by atoms with van der Waals surface area (Å²) in [5.41, 5.74) is 4.55. The van der Waals surface area contributed by atoms with E-state index in [1.807, 2.05) is 62.4 Å². The largest absolute Gasteiger partial charge is 0.307 e. The first kappa shape index (κ1) is 18.2. The summed E-state index contributed by atoms with van der Waals surface area (Å²) < 4.78 is 1.30. The third-order valence-corrected chi connectivity index (χ3v) is 5.34. The van der Waals surface area contributed by atoms with Crippen LogP contribution in [0, 0.1) is 6.92 Å². The van der Waals surface area contributed by atoms with Gasteiger partial charge in [-0.3, -0.25) is 9.59 Å². The molecule has 0 saturated carbocycles. The van der Waals surface area contributed by atoms with Crippen molar-refractivity contribution >= 4 is 11.6 Å². The molecule has 0 N–H and O–H groups in total. The second kappa shape index (κ2) is 7.08. The SMILES string of the molecule is Cc1ccc(-c2ccc(=O)n(C(C)C(=O)N3c4ccccc4CC3C)n2)cc1. The molecule has 0 fully saturated rings. The fraction of sp³-hybridized carbons (Fsp3) is 0.261. The predicted molar refractivity (Wildman–Crippen MR) is 110 cm³/mol. The van der Waals surface area contributed by atoms with Gasteiger partial charge < -0.3 is 4.90 Å². The zero-order valence-electron chi connectivity index (χ0n) is 16.3. The van der Waals surface area contributed by atoms with Gasteiger partial charge in [0.15, 0.2) is 0 Å². The topological polar surface area (TPSA) is 55.2 Å². The highest BCUT2D eigenvalue weighted by molar-refractivity contribution is 5.98. The van der Waals surface area contributed by atoms with Crippen LogP contribution in [0.15, 0.2) is 65.5 Å². The van der Waals surface area contributed by atoms with Crippen molar-refractivity contribution in [3.8, 4) is 11.3 Å². The normalized spacial score (nSPS) is 16.7. The van der Waals surface area contributed by atoms with Gasteiger partial charge in [0.2, 0.25) is 0 Å². The van der Waals surface area contributed by atoms with Gasteiger partial charge in [0.25, 0.3) is 11.5 Å². The lowest BCUT2D eigenvalue weighted by molar-refractivity contribution is -0.121.